The number of hydrogen-bond donors (Lipinski definition) is 3. The molecule has 1 amide bonds. The van der Waals surface area contributed by atoms with Gasteiger partial charge in [-0.1, -0.05) is 0 Å². The highest BCUT2D eigenvalue weighted by Crippen LogP contribution is 2.19. The molecule has 1 fully saturated rings. The summed E-state index contributed by atoms with van der Waals surface area (Å²) in [7, 11) is 0. The van der Waals surface area contributed by atoms with Crippen molar-refractivity contribution in [3.8, 4) is 0 Å². The number of carbonyl (C=O) groups excluding carboxylic acids is 1. The highest BCUT2D eigenvalue weighted by atomic mass is 16.2. The molecule has 1 aliphatic heterocycles. The third-order valence-corrected chi connectivity index (χ3v) is 3.69. The smallest absolute Gasteiger partial charge is 0.244 e. The van der Waals surface area contributed by atoms with E-state index >= 15 is 0 Å². The second-order valence-corrected chi connectivity index (χ2v) is 5.28. The minimum Gasteiger partial charge on any atom is -0.368 e. The zero-order valence-electron chi connectivity index (χ0n) is 12.0. The number of H-pyrrole nitrogens is 1. The van der Waals surface area contributed by atoms with Gasteiger partial charge in [-0.15, -0.1) is 0 Å². The first-order chi connectivity index (χ1) is 10.1. The van der Waals surface area contributed by atoms with Gasteiger partial charge in [0.05, 0.1) is 6.33 Å². The molecule has 8 nitrogen and oxygen atoms in total. The van der Waals surface area contributed by atoms with Gasteiger partial charge in [0.2, 0.25) is 11.9 Å². The van der Waals surface area contributed by atoms with E-state index in [1.165, 1.54) is 12.7 Å². The lowest BCUT2D eigenvalue weighted by atomic mass is 10.1. The van der Waals surface area contributed by atoms with Gasteiger partial charge in [-0.2, -0.15) is 9.97 Å². The van der Waals surface area contributed by atoms with E-state index < -0.39 is 0 Å². The maximum absolute atomic E-state index is 12.4. The van der Waals surface area contributed by atoms with E-state index in [9.17, 15) is 4.79 Å². The monoisotopic (exact) mass is 289 g/mol. The van der Waals surface area contributed by atoms with E-state index in [4.69, 9.17) is 5.73 Å². The SMILES string of the molecule is CC(Nc1nc(N)nc2nc[nH]c12)C(=O)N1CCCCC1. The number of piperidine rings is 1. The summed E-state index contributed by atoms with van der Waals surface area (Å²) in [6.07, 6.45) is 4.87. The number of likely N-dealkylation sites (tertiary alicyclic amines) is 1. The van der Waals surface area contributed by atoms with Gasteiger partial charge in [0.25, 0.3) is 0 Å². The molecule has 2 aromatic heterocycles. The highest BCUT2D eigenvalue weighted by Gasteiger charge is 2.23. The van der Waals surface area contributed by atoms with Gasteiger partial charge in [-0.25, -0.2) is 4.98 Å². The molecule has 0 radical (unpaired) electrons. The van der Waals surface area contributed by atoms with Gasteiger partial charge < -0.3 is 20.9 Å². The van der Waals surface area contributed by atoms with Gasteiger partial charge in [-0.3, -0.25) is 4.79 Å². The first-order valence-corrected chi connectivity index (χ1v) is 7.17. The van der Waals surface area contributed by atoms with Crippen LogP contribution in [0, 0.1) is 0 Å². The van der Waals surface area contributed by atoms with Gasteiger partial charge in [0, 0.05) is 13.1 Å². The molecule has 0 aliphatic carbocycles. The summed E-state index contributed by atoms with van der Waals surface area (Å²) < 4.78 is 0. The number of nitrogens with one attached hydrogen (secondary N) is 2. The number of amides is 1. The van der Waals surface area contributed by atoms with E-state index in [1.54, 1.807) is 0 Å². The lowest BCUT2D eigenvalue weighted by Crippen LogP contribution is -2.44. The molecule has 0 bridgehead atoms. The van der Waals surface area contributed by atoms with E-state index in [0.717, 1.165) is 25.9 Å². The maximum Gasteiger partial charge on any atom is 0.244 e. The predicted octanol–water partition coefficient (Wildman–Crippen LogP) is 0.748. The number of nitrogens with two attached hydrogens (primary N) is 1. The van der Waals surface area contributed by atoms with E-state index in [1.807, 2.05) is 11.8 Å². The lowest BCUT2D eigenvalue weighted by Gasteiger charge is -2.29. The largest absolute Gasteiger partial charge is 0.368 e. The lowest BCUT2D eigenvalue weighted by molar-refractivity contribution is -0.132. The van der Waals surface area contributed by atoms with Crippen LogP contribution in [0.3, 0.4) is 0 Å². The topological polar surface area (TPSA) is 113 Å². The van der Waals surface area contributed by atoms with Crippen LogP contribution in [-0.4, -0.2) is 49.9 Å². The van der Waals surface area contributed by atoms with Crippen LogP contribution in [0.15, 0.2) is 6.33 Å². The standard InChI is InChI=1S/C13H19N7O/c1-8(12(21)20-5-3-2-4-6-20)17-11-9-10(16-7-15-9)18-13(14)19-11/h7-8H,2-6H2,1H3,(H4,14,15,16,17,18,19). The molecule has 0 spiro atoms. The Hall–Kier alpha value is -2.38. The second-order valence-electron chi connectivity index (χ2n) is 5.28. The third-order valence-electron chi connectivity index (χ3n) is 3.69. The van der Waals surface area contributed by atoms with Gasteiger partial charge in [0.15, 0.2) is 11.5 Å². The zero-order chi connectivity index (χ0) is 14.8. The Morgan fingerprint density at radius 2 is 2.14 bits per heavy atom. The summed E-state index contributed by atoms with van der Waals surface area (Å²) in [6, 6.07) is -0.371. The third kappa shape index (κ3) is 2.74. The van der Waals surface area contributed by atoms with Crippen molar-refractivity contribution in [2.24, 2.45) is 0 Å². The fourth-order valence-electron chi connectivity index (χ4n) is 2.61. The zero-order valence-corrected chi connectivity index (χ0v) is 12.0. The number of aromatic amines is 1. The number of nitrogen functional groups attached to an aromatic ring is 1. The summed E-state index contributed by atoms with van der Waals surface area (Å²) in [6.45, 7) is 3.49. The molecule has 21 heavy (non-hydrogen) atoms. The maximum atomic E-state index is 12.4. The molecular formula is C13H19N7O. The molecule has 3 heterocycles. The first kappa shape index (κ1) is 13.6. The highest BCUT2D eigenvalue weighted by molar-refractivity contribution is 5.89. The second kappa shape index (κ2) is 5.55. The number of rotatable bonds is 3. The molecule has 2 aromatic rings. The Kier molecular flexibility index (Phi) is 3.59. The Balaban J connectivity index is 1.77. The number of nitrogens with zero attached hydrogens (tertiary/aromatic N) is 4. The average molecular weight is 289 g/mol. The molecule has 8 heteroatoms. The summed E-state index contributed by atoms with van der Waals surface area (Å²) in [5.74, 6) is 0.724. The molecule has 0 saturated carbocycles. The van der Waals surface area contributed by atoms with E-state index in [-0.39, 0.29) is 17.9 Å². The number of anilines is 2. The Morgan fingerprint density at radius 1 is 1.38 bits per heavy atom. The van der Waals surface area contributed by atoms with Crippen LogP contribution in [0.2, 0.25) is 0 Å². The van der Waals surface area contributed by atoms with Gasteiger partial charge in [0.1, 0.15) is 11.6 Å². The quantitative estimate of drug-likeness (QED) is 0.768. The molecule has 1 aliphatic rings. The van der Waals surface area contributed by atoms with Gasteiger partial charge in [-0.05, 0) is 26.2 Å². The molecule has 112 valence electrons. The van der Waals surface area contributed by atoms with Crippen molar-refractivity contribution in [1.29, 1.82) is 0 Å². The van der Waals surface area contributed by atoms with Crippen molar-refractivity contribution in [2.45, 2.75) is 32.2 Å². The van der Waals surface area contributed by atoms with Crippen molar-refractivity contribution in [3.05, 3.63) is 6.33 Å². The Labute approximate surface area is 122 Å². The molecule has 4 N–H and O–H groups in total. The summed E-state index contributed by atoms with van der Waals surface area (Å²) >= 11 is 0. The van der Waals surface area contributed by atoms with Crippen molar-refractivity contribution in [1.82, 2.24) is 24.8 Å². The normalized spacial score (nSPS) is 16.9. The fraction of sp³-hybridized carbons (Fsp3) is 0.538. The van der Waals surface area contributed by atoms with Crippen LogP contribution in [0.25, 0.3) is 11.2 Å². The fourth-order valence-corrected chi connectivity index (χ4v) is 2.61. The van der Waals surface area contributed by atoms with Crippen LogP contribution in [0.1, 0.15) is 26.2 Å². The van der Waals surface area contributed by atoms with E-state index in [2.05, 4.69) is 25.3 Å². The number of aromatic nitrogens is 4. The number of carbonyl (C=O) groups is 1. The van der Waals surface area contributed by atoms with Crippen LogP contribution >= 0.6 is 0 Å². The predicted molar refractivity (Wildman–Crippen MR) is 79.6 cm³/mol. The van der Waals surface area contributed by atoms with Crippen molar-refractivity contribution in [3.63, 3.8) is 0 Å². The molecule has 3 rings (SSSR count). The van der Waals surface area contributed by atoms with Crippen molar-refractivity contribution in [2.75, 3.05) is 24.1 Å². The average Bonchev–Trinajstić information content (AvgIpc) is 2.95. The molecular weight excluding hydrogens is 270 g/mol. The van der Waals surface area contributed by atoms with Gasteiger partial charge >= 0.3 is 0 Å². The van der Waals surface area contributed by atoms with E-state index in [0.29, 0.717) is 17.0 Å². The summed E-state index contributed by atoms with van der Waals surface area (Å²) in [5.41, 5.74) is 6.81. The molecule has 1 saturated heterocycles. The van der Waals surface area contributed by atoms with Crippen LogP contribution < -0.4 is 11.1 Å². The Bertz CT molecular complexity index is 647. The van der Waals surface area contributed by atoms with Crippen molar-refractivity contribution < 1.29 is 4.79 Å². The van der Waals surface area contributed by atoms with Crippen LogP contribution in [0.5, 0.6) is 0 Å². The molecule has 0 aromatic carbocycles. The summed E-state index contributed by atoms with van der Waals surface area (Å²) in [4.78, 5) is 29.5. The van der Waals surface area contributed by atoms with Crippen LogP contribution in [-0.2, 0) is 4.79 Å². The molecule has 1 unspecified atom stereocenters. The number of fused-ring (bicyclic) bond motifs is 1. The number of imidazole rings is 1. The van der Waals surface area contributed by atoms with Crippen LogP contribution in [0.4, 0.5) is 11.8 Å². The van der Waals surface area contributed by atoms with Crippen molar-refractivity contribution >= 4 is 28.8 Å². The minimum atomic E-state index is -0.371. The number of hydrogen-bond acceptors (Lipinski definition) is 6. The first-order valence-electron chi connectivity index (χ1n) is 7.17. The Morgan fingerprint density at radius 3 is 2.90 bits per heavy atom. The minimum absolute atomic E-state index is 0.0829. The molecule has 1 atom stereocenters. The summed E-state index contributed by atoms with van der Waals surface area (Å²) in [5, 5.41) is 3.12.